The van der Waals surface area contributed by atoms with E-state index in [0.29, 0.717) is 16.6 Å². The van der Waals surface area contributed by atoms with Crippen LogP contribution in [-0.4, -0.2) is 35.3 Å². The largest absolute Gasteiger partial charge is 0.297 e. The van der Waals surface area contributed by atoms with Gasteiger partial charge in [0.25, 0.3) is 5.56 Å². The van der Waals surface area contributed by atoms with Crippen LogP contribution in [0, 0.1) is 23.7 Å². The Morgan fingerprint density at radius 3 is 2.69 bits per heavy atom. The molecule has 0 bridgehead atoms. The number of rotatable bonds is 5. The second-order valence-corrected chi connectivity index (χ2v) is 7.41. The number of aromatic nitrogens is 6. The van der Waals surface area contributed by atoms with Gasteiger partial charge in [0.15, 0.2) is 5.69 Å². The number of hydrogen-bond donors (Lipinski definition) is 0. The van der Waals surface area contributed by atoms with Crippen LogP contribution >= 0.6 is 11.8 Å². The SMILES string of the molecule is Cc1c(-n2nnnc2SCC2(C#N)CC2)c(=O)n(-c2ccccc2)n1C. The number of nitriles is 1. The molecule has 9 heteroatoms. The zero-order valence-corrected chi connectivity index (χ0v) is 15.3. The first-order valence-corrected chi connectivity index (χ1v) is 9.22. The maximum absolute atomic E-state index is 13.1. The molecule has 1 saturated carbocycles. The van der Waals surface area contributed by atoms with Gasteiger partial charge >= 0.3 is 0 Å². The maximum atomic E-state index is 13.1. The van der Waals surface area contributed by atoms with Gasteiger partial charge in [-0.1, -0.05) is 30.0 Å². The third kappa shape index (κ3) is 2.63. The number of thioether (sulfide) groups is 1. The molecule has 0 spiro atoms. The molecule has 132 valence electrons. The van der Waals surface area contributed by atoms with Gasteiger partial charge in [0, 0.05) is 12.8 Å². The summed E-state index contributed by atoms with van der Waals surface area (Å²) >= 11 is 1.42. The Kier molecular flexibility index (Phi) is 3.92. The molecule has 0 unspecified atom stereocenters. The van der Waals surface area contributed by atoms with Crippen LogP contribution in [-0.2, 0) is 7.05 Å². The van der Waals surface area contributed by atoms with Crippen LogP contribution in [0.25, 0.3) is 11.4 Å². The highest BCUT2D eigenvalue weighted by atomic mass is 32.2. The van der Waals surface area contributed by atoms with Crippen LogP contribution in [0.4, 0.5) is 0 Å². The van der Waals surface area contributed by atoms with Crippen LogP contribution in [0.2, 0.25) is 0 Å². The van der Waals surface area contributed by atoms with E-state index in [1.165, 1.54) is 16.4 Å². The number of nitrogens with zero attached hydrogens (tertiary/aromatic N) is 7. The zero-order valence-electron chi connectivity index (χ0n) is 14.5. The summed E-state index contributed by atoms with van der Waals surface area (Å²) in [6.07, 6.45) is 1.81. The van der Waals surface area contributed by atoms with Crippen molar-refractivity contribution in [2.24, 2.45) is 12.5 Å². The molecule has 2 aromatic heterocycles. The Bertz CT molecular complexity index is 1050. The van der Waals surface area contributed by atoms with Gasteiger partial charge in [-0.15, -0.1) is 5.10 Å². The van der Waals surface area contributed by atoms with E-state index in [-0.39, 0.29) is 11.0 Å². The quantitative estimate of drug-likeness (QED) is 0.639. The van der Waals surface area contributed by atoms with E-state index < -0.39 is 0 Å². The second kappa shape index (κ2) is 6.14. The van der Waals surface area contributed by atoms with E-state index in [4.69, 9.17) is 0 Å². The van der Waals surface area contributed by atoms with Crippen molar-refractivity contribution in [3.63, 3.8) is 0 Å². The molecule has 1 aliphatic carbocycles. The van der Waals surface area contributed by atoms with Crippen LogP contribution in [0.15, 0.2) is 40.3 Å². The van der Waals surface area contributed by atoms with Gasteiger partial charge in [-0.25, -0.2) is 4.68 Å². The standard InChI is InChI=1S/C17H17N7OS/c1-12-14(15(25)24(22(12)2)13-6-4-3-5-7-13)23-16(19-20-21-23)26-11-17(10-18)8-9-17/h3-7H,8-9,11H2,1-2H3. The zero-order chi connectivity index (χ0) is 18.3. The van der Waals surface area contributed by atoms with Crippen molar-refractivity contribution in [3.8, 4) is 17.4 Å². The van der Waals surface area contributed by atoms with E-state index in [9.17, 15) is 10.1 Å². The average Bonchev–Trinajstić information content (AvgIpc) is 3.24. The predicted molar refractivity (Wildman–Crippen MR) is 96.5 cm³/mol. The normalized spacial score (nSPS) is 15.0. The first kappa shape index (κ1) is 16.6. The van der Waals surface area contributed by atoms with Crippen LogP contribution in [0.3, 0.4) is 0 Å². The minimum absolute atomic E-state index is 0.188. The van der Waals surface area contributed by atoms with Gasteiger partial charge in [0.2, 0.25) is 5.16 Å². The van der Waals surface area contributed by atoms with Crippen molar-refractivity contribution in [1.29, 1.82) is 5.26 Å². The van der Waals surface area contributed by atoms with E-state index >= 15 is 0 Å². The monoisotopic (exact) mass is 367 g/mol. The molecule has 1 fully saturated rings. The minimum Gasteiger partial charge on any atom is -0.283 e. The van der Waals surface area contributed by atoms with Crippen molar-refractivity contribution in [2.45, 2.75) is 24.9 Å². The number of para-hydroxylation sites is 1. The fourth-order valence-corrected chi connectivity index (χ4v) is 3.95. The fourth-order valence-electron chi connectivity index (χ4n) is 2.85. The summed E-state index contributed by atoms with van der Waals surface area (Å²) < 4.78 is 4.87. The first-order chi connectivity index (χ1) is 12.6. The van der Waals surface area contributed by atoms with Crippen LogP contribution in [0.1, 0.15) is 18.5 Å². The third-order valence-corrected chi connectivity index (χ3v) is 5.95. The van der Waals surface area contributed by atoms with Gasteiger partial charge < -0.3 is 0 Å². The lowest BCUT2D eigenvalue weighted by molar-refractivity contribution is 0.630. The maximum Gasteiger partial charge on any atom is 0.297 e. The Balaban J connectivity index is 1.75. The van der Waals surface area contributed by atoms with E-state index in [2.05, 4.69) is 21.6 Å². The Hall–Kier alpha value is -2.86. The molecule has 2 heterocycles. The molecular formula is C17H17N7OS. The van der Waals surface area contributed by atoms with Gasteiger partial charge in [0.1, 0.15) is 0 Å². The summed E-state index contributed by atoms with van der Waals surface area (Å²) in [7, 11) is 1.83. The molecule has 0 radical (unpaired) electrons. The number of benzene rings is 1. The van der Waals surface area contributed by atoms with Crippen LogP contribution < -0.4 is 5.56 Å². The van der Waals surface area contributed by atoms with Crippen molar-refractivity contribution >= 4 is 11.8 Å². The Labute approximate surface area is 154 Å². The average molecular weight is 367 g/mol. The van der Waals surface area contributed by atoms with E-state index in [1.807, 2.05) is 44.3 Å². The molecule has 4 rings (SSSR count). The van der Waals surface area contributed by atoms with Crippen molar-refractivity contribution in [3.05, 3.63) is 46.4 Å². The lowest BCUT2D eigenvalue weighted by Crippen LogP contribution is -2.22. The topological polar surface area (TPSA) is 94.3 Å². The van der Waals surface area contributed by atoms with Gasteiger partial charge in [-0.3, -0.25) is 9.48 Å². The summed E-state index contributed by atoms with van der Waals surface area (Å²) in [5.41, 5.74) is 1.50. The molecule has 26 heavy (non-hydrogen) atoms. The fraction of sp³-hybridized carbons (Fsp3) is 0.353. The molecule has 1 aliphatic rings. The molecule has 0 aliphatic heterocycles. The Morgan fingerprint density at radius 2 is 2.04 bits per heavy atom. The second-order valence-electron chi connectivity index (χ2n) is 6.46. The molecule has 0 atom stereocenters. The van der Waals surface area contributed by atoms with Gasteiger partial charge in [0.05, 0.1) is 22.9 Å². The molecule has 3 aromatic rings. The summed E-state index contributed by atoms with van der Waals surface area (Å²) in [5, 5.41) is 21.6. The molecule has 0 amide bonds. The van der Waals surface area contributed by atoms with Crippen molar-refractivity contribution < 1.29 is 0 Å². The predicted octanol–water partition coefficient (Wildman–Crippen LogP) is 1.86. The molecule has 0 saturated heterocycles. The highest BCUT2D eigenvalue weighted by Crippen LogP contribution is 2.48. The lowest BCUT2D eigenvalue weighted by Gasteiger charge is -2.07. The van der Waals surface area contributed by atoms with E-state index in [0.717, 1.165) is 24.2 Å². The summed E-state index contributed by atoms with van der Waals surface area (Å²) in [6.45, 7) is 1.87. The number of tetrazole rings is 1. The van der Waals surface area contributed by atoms with Gasteiger partial charge in [-0.2, -0.15) is 9.94 Å². The molecule has 1 aromatic carbocycles. The van der Waals surface area contributed by atoms with Gasteiger partial charge in [-0.05, 0) is 42.3 Å². The van der Waals surface area contributed by atoms with Crippen molar-refractivity contribution in [1.82, 2.24) is 29.6 Å². The smallest absolute Gasteiger partial charge is 0.283 e. The molecule has 0 N–H and O–H groups in total. The lowest BCUT2D eigenvalue weighted by atomic mass is 10.2. The highest BCUT2D eigenvalue weighted by molar-refractivity contribution is 7.99. The first-order valence-electron chi connectivity index (χ1n) is 8.23. The van der Waals surface area contributed by atoms with E-state index in [1.54, 1.807) is 9.36 Å². The molecule has 8 nitrogen and oxygen atoms in total. The molecular weight excluding hydrogens is 350 g/mol. The summed E-state index contributed by atoms with van der Waals surface area (Å²) in [5.74, 6) is 0.628. The summed E-state index contributed by atoms with van der Waals surface area (Å²) in [4.78, 5) is 13.1. The van der Waals surface area contributed by atoms with Crippen LogP contribution in [0.5, 0.6) is 0 Å². The third-order valence-electron chi connectivity index (χ3n) is 4.74. The Morgan fingerprint density at radius 1 is 1.31 bits per heavy atom. The van der Waals surface area contributed by atoms with Crippen molar-refractivity contribution in [2.75, 3.05) is 5.75 Å². The number of hydrogen-bond acceptors (Lipinski definition) is 6. The minimum atomic E-state index is -0.266. The summed E-state index contributed by atoms with van der Waals surface area (Å²) in [6, 6.07) is 11.8. The highest BCUT2D eigenvalue weighted by Gasteiger charge is 2.43.